The van der Waals surface area contributed by atoms with Crippen LogP contribution in [-0.2, 0) is 6.42 Å². The molecule has 1 N–H and O–H groups in total. The number of H-pyrrole nitrogens is 1. The maximum atomic E-state index is 13.2. The van der Waals surface area contributed by atoms with Crippen molar-refractivity contribution in [2.24, 2.45) is 5.92 Å². The van der Waals surface area contributed by atoms with Gasteiger partial charge in [-0.05, 0) is 76.9 Å². The van der Waals surface area contributed by atoms with Gasteiger partial charge in [0.2, 0.25) is 0 Å². The average molecular weight is 458 g/mol. The zero-order valence-electron chi connectivity index (χ0n) is 20.5. The molecule has 1 aliphatic rings. The Morgan fingerprint density at radius 1 is 1.06 bits per heavy atom. The highest BCUT2D eigenvalue weighted by Crippen LogP contribution is 2.30. The summed E-state index contributed by atoms with van der Waals surface area (Å²) in [5.74, 6) is 1.69. The number of likely N-dealkylation sites (tertiary alicyclic amines) is 1. The van der Waals surface area contributed by atoms with E-state index < -0.39 is 0 Å². The molecule has 0 bridgehead atoms. The average Bonchev–Trinajstić information content (AvgIpc) is 3.45. The summed E-state index contributed by atoms with van der Waals surface area (Å²) < 4.78 is 6.10. The Morgan fingerprint density at radius 3 is 2.47 bits per heavy atom. The minimum Gasteiger partial charge on any atom is -0.461 e. The van der Waals surface area contributed by atoms with E-state index in [2.05, 4.69) is 48.9 Å². The van der Waals surface area contributed by atoms with Crippen molar-refractivity contribution in [2.75, 3.05) is 26.2 Å². The van der Waals surface area contributed by atoms with Gasteiger partial charge in [0.05, 0.1) is 0 Å². The fraction of sp³-hybridized carbons (Fsp3) is 0.414. The van der Waals surface area contributed by atoms with Crippen LogP contribution in [0.3, 0.4) is 0 Å². The van der Waals surface area contributed by atoms with E-state index in [9.17, 15) is 4.79 Å². The molecule has 5 nitrogen and oxygen atoms in total. The molecule has 178 valence electrons. The summed E-state index contributed by atoms with van der Waals surface area (Å²) in [6, 6.07) is 20.4. The second-order valence-corrected chi connectivity index (χ2v) is 10.3. The molecule has 1 saturated heterocycles. The van der Waals surface area contributed by atoms with Gasteiger partial charge >= 0.3 is 0 Å². The standard InChI is InChI=1S/C29H35N3O2/c1-4-31(28(33)26-18-22-9-5-7-11-25(22)30-26)20-21-13-15-32(16-14-21)29(2,3)19-24-17-23-10-6-8-12-27(23)34-24/h5-12,17-18,21,30H,4,13-16,19-20H2,1-3H3. The van der Waals surface area contributed by atoms with Gasteiger partial charge < -0.3 is 14.3 Å². The van der Waals surface area contributed by atoms with Gasteiger partial charge in [0.15, 0.2) is 0 Å². The number of hydrogen-bond donors (Lipinski definition) is 1. The molecule has 0 spiro atoms. The molecule has 0 radical (unpaired) electrons. The molecule has 0 atom stereocenters. The summed E-state index contributed by atoms with van der Waals surface area (Å²) in [4.78, 5) is 21.1. The lowest BCUT2D eigenvalue weighted by molar-refractivity contribution is 0.0530. The second kappa shape index (κ2) is 9.30. The van der Waals surface area contributed by atoms with Crippen LogP contribution in [0.5, 0.6) is 0 Å². The van der Waals surface area contributed by atoms with Gasteiger partial charge in [-0.25, -0.2) is 0 Å². The van der Waals surface area contributed by atoms with E-state index in [1.807, 2.05) is 47.4 Å². The monoisotopic (exact) mass is 457 g/mol. The molecular weight excluding hydrogens is 422 g/mol. The molecule has 0 aliphatic carbocycles. The molecule has 1 aliphatic heterocycles. The molecule has 0 unspecified atom stereocenters. The van der Waals surface area contributed by atoms with Gasteiger partial charge in [-0.3, -0.25) is 9.69 Å². The number of amides is 1. The predicted molar refractivity (Wildman–Crippen MR) is 138 cm³/mol. The Bertz CT molecular complexity index is 1210. The first-order valence-electron chi connectivity index (χ1n) is 12.5. The number of carbonyl (C=O) groups is 1. The Labute approximate surface area is 201 Å². The zero-order chi connectivity index (χ0) is 23.7. The Morgan fingerprint density at radius 2 is 1.76 bits per heavy atom. The van der Waals surface area contributed by atoms with Crippen LogP contribution in [0.15, 0.2) is 65.1 Å². The highest BCUT2D eigenvalue weighted by Gasteiger charge is 2.33. The summed E-state index contributed by atoms with van der Waals surface area (Å²) in [6.07, 6.45) is 3.12. The number of piperidine rings is 1. The van der Waals surface area contributed by atoms with E-state index in [-0.39, 0.29) is 11.4 Å². The van der Waals surface area contributed by atoms with Gasteiger partial charge in [0.25, 0.3) is 5.91 Å². The van der Waals surface area contributed by atoms with E-state index in [4.69, 9.17) is 4.42 Å². The molecule has 5 heteroatoms. The Balaban J connectivity index is 1.18. The first kappa shape index (κ1) is 22.7. The van der Waals surface area contributed by atoms with Crippen LogP contribution in [0.4, 0.5) is 0 Å². The first-order chi connectivity index (χ1) is 16.4. The van der Waals surface area contributed by atoms with Crippen molar-refractivity contribution >= 4 is 27.8 Å². The van der Waals surface area contributed by atoms with Gasteiger partial charge in [-0.1, -0.05) is 36.4 Å². The summed E-state index contributed by atoms with van der Waals surface area (Å²) >= 11 is 0. The largest absolute Gasteiger partial charge is 0.461 e. The highest BCUT2D eigenvalue weighted by molar-refractivity contribution is 5.98. The van der Waals surface area contributed by atoms with Crippen molar-refractivity contribution in [2.45, 2.75) is 45.6 Å². The van der Waals surface area contributed by atoms with E-state index in [0.717, 1.165) is 67.7 Å². The van der Waals surface area contributed by atoms with Crippen LogP contribution in [0, 0.1) is 5.92 Å². The number of para-hydroxylation sites is 2. The molecular formula is C29H35N3O2. The van der Waals surface area contributed by atoms with Crippen molar-refractivity contribution in [1.29, 1.82) is 0 Å². The minimum absolute atomic E-state index is 0.0312. The molecule has 5 rings (SSSR count). The molecule has 0 saturated carbocycles. The Kier molecular flexibility index (Phi) is 6.22. The zero-order valence-corrected chi connectivity index (χ0v) is 20.5. The molecule has 34 heavy (non-hydrogen) atoms. The lowest BCUT2D eigenvalue weighted by Gasteiger charge is -2.43. The van der Waals surface area contributed by atoms with Crippen LogP contribution in [0.2, 0.25) is 0 Å². The molecule has 4 aromatic rings. The van der Waals surface area contributed by atoms with Gasteiger partial charge in [0, 0.05) is 41.3 Å². The number of furan rings is 1. The van der Waals surface area contributed by atoms with Crippen LogP contribution in [-0.4, -0.2) is 52.4 Å². The summed E-state index contributed by atoms with van der Waals surface area (Å²) in [7, 11) is 0. The van der Waals surface area contributed by atoms with Crippen molar-refractivity contribution in [3.63, 3.8) is 0 Å². The summed E-state index contributed by atoms with van der Waals surface area (Å²) in [6.45, 7) is 10.4. The van der Waals surface area contributed by atoms with Crippen LogP contribution >= 0.6 is 0 Å². The number of fused-ring (bicyclic) bond motifs is 2. The molecule has 2 aromatic heterocycles. The van der Waals surface area contributed by atoms with Crippen molar-refractivity contribution in [3.8, 4) is 0 Å². The third-order valence-electron chi connectivity index (χ3n) is 7.46. The quantitative estimate of drug-likeness (QED) is 0.364. The third kappa shape index (κ3) is 4.62. The summed E-state index contributed by atoms with van der Waals surface area (Å²) in [5.41, 5.74) is 2.70. The summed E-state index contributed by atoms with van der Waals surface area (Å²) in [5, 5.41) is 2.26. The van der Waals surface area contributed by atoms with Gasteiger partial charge in [-0.2, -0.15) is 0 Å². The molecule has 3 heterocycles. The predicted octanol–water partition coefficient (Wildman–Crippen LogP) is 6.11. The van der Waals surface area contributed by atoms with E-state index in [1.54, 1.807) is 0 Å². The second-order valence-electron chi connectivity index (χ2n) is 10.3. The lowest BCUT2D eigenvalue weighted by Crippen LogP contribution is -2.50. The SMILES string of the molecule is CCN(CC1CCN(C(C)(C)Cc2cc3ccccc3o2)CC1)C(=O)c1cc2ccccc2[nH]1. The maximum Gasteiger partial charge on any atom is 0.270 e. The number of aromatic nitrogens is 1. The maximum absolute atomic E-state index is 13.2. The van der Waals surface area contributed by atoms with Crippen molar-refractivity contribution in [1.82, 2.24) is 14.8 Å². The van der Waals surface area contributed by atoms with Crippen LogP contribution < -0.4 is 0 Å². The number of rotatable bonds is 7. The fourth-order valence-electron chi connectivity index (χ4n) is 5.41. The third-order valence-corrected chi connectivity index (χ3v) is 7.46. The van der Waals surface area contributed by atoms with E-state index in [0.29, 0.717) is 11.6 Å². The highest BCUT2D eigenvalue weighted by atomic mass is 16.3. The van der Waals surface area contributed by atoms with Gasteiger partial charge in [0.1, 0.15) is 17.0 Å². The van der Waals surface area contributed by atoms with E-state index in [1.165, 1.54) is 5.39 Å². The van der Waals surface area contributed by atoms with Gasteiger partial charge in [-0.15, -0.1) is 0 Å². The smallest absolute Gasteiger partial charge is 0.270 e. The van der Waals surface area contributed by atoms with Crippen LogP contribution in [0.1, 0.15) is 49.9 Å². The minimum atomic E-state index is 0.0312. The normalized spacial score (nSPS) is 15.9. The van der Waals surface area contributed by atoms with Crippen LogP contribution in [0.25, 0.3) is 21.9 Å². The number of nitrogens with one attached hydrogen (secondary N) is 1. The topological polar surface area (TPSA) is 52.5 Å². The number of aromatic amines is 1. The number of hydrogen-bond acceptors (Lipinski definition) is 3. The molecule has 1 amide bonds. The number of carbonyl (C=O) groups excluding carboxylic acids is 1. The Hall–Kier alpha value is -3.05. The molecule has 2 aromatic carbocycles. The van der Waals surface area contributed by atoms with Crippen molar-refractivity contribution in [3.05, 3.63) is 72.1 Å². The van der Waals surface area contributed by atoms with E-state index >= 15 is 0 Å². The lowest BCUT2D eigenvalue weighted by atomic mass is 9.89. The van der Waals surface area contributed by atoms with Crippen molar-refractivity contribution < 1.29 is 9.21 Å². The number of benzene rings is 2. The number of nitrogens with zero attached hydrogens (tertiary/aromatic N) is 2. The first-order valence-corrected chi connectivity index (χ1v) is 12.5. The molecule has 1 fully saturated rings. The fourth-order valence-corrected chi connectivity index (χ4v) is 5.41.